The predicted molar refractivity (Wildman–Crippen MR) is 103 cm³/mol. The molecule has 2 heteroatoms. The topological polar surface area (TPSA) is 24.7 Å². The molecule has 0 spiro atoms. The summed E-state index contributed by atoms with van der Waals surface area (Å²) < 4.78 is 0. The van der Waals surface area contributed by atoms with E-state index >= 15 is 0 Å². The Kier molecular flexibility index (Phi) is 6.38. The summed E-state index contributed by atoms with van der Waals surface area (Å²) in [5.74, 6) is 0.327. The van der Waals surface area contributed by atoms with Crippen LogP contribution in [0.5, 0.6) is 0 Å². The fourth-order valence-corrected chi connectivity index (χ4v) is 3.39. The van der Waals surface area contributed by atoms with Gasteiger partial charge in [0.05, 0.1) is 19.1 Å². The summed E-state index contributed by atoms with van der Waals surface area (Å²) in [5, 5.41) is 9.55. The molecule has 2 N–H and O–H groups in total. The Hall–Kier alpha value is -2.42. The third-order valence-electron chi connectivity index (χ3n) is 4.66. The Morgan fingerprint density at radius 1 is 0.680 bits per heavy atom. The highest BCUT2D eigenvalue weighted by molar-refractivity contribution is 5.32. The molecule has 0 aliphatic rings. The molecule has 0 aromatic heterocycles. The second kappa shape index (κ2) is 9.16. The maximum absolute atomic E-state index is 9.55. The number of hydrogen-bond donors (Lipinski definition) is 2. The van der Waals surface area contributed by atoms with Crippen LogP contribution in [0.25, 0.3) is 0 Å². The van der Waals surface area contributed by atoms with E-state index < -0.39 is 0 Å². The number of aliphatic hydroxyl groups excluding tert-OH is 1. The Morgan fingerprint density at radius 3 is 1.64 bits per heavy atom. The van der Waals surface area contributed by atoms with Crippen LogP contribution in [0.4, 0.5) is 0 Å². The fourth-order valence-electron chi connectivity index (χ4n) is 3.39. The van der Waals surface area contributed by atoms with Crippen LogP contribution in [0.2, 0.25) is 0 Å². The van der Waals surface area contributed by atoms with Crippen LogP contribution in [0, 0.1) is 0 Å². The summed E-state index contributed by atoms with van der Waals surface area (Å²) in [4.78, 5) is 1.39. The second-order valence-corrected chi connectivity index (χ2v) is 6.46. The molecule has 3 rings (SSSR count). The first kappa shape index (κ1) is 17.4. The molecule has 0 radical (unpaired) electrons. The third-order valence-corrected chi connectivity index (χ3v) is 4.66. The largest absolute Gasteiger partial charge is 0.391 e. The highest BCUT2D eigenvalue weighted by Crippen LogP contribution is 2.23. The molecule has 1 unspecified atom stereocenters. The number of rotatable bonds is 8. The van der Waals surface area contributed by atoms with Gasteiger partial charge >= 0.3 is 0 Å². The van der Waals surface area contributed by atoms with E-state index in [4.69, 9.17) is 0 Å². The van der Waals surface area contributed by atoms with Gasteiger partial charge in [-0.25, -0.2) is 0 Å². The van der Waals surface area contributed by atoms with Gasteiger partial charge in [-0.1, -0.05) is 91.0 Å². The number of hydrogen-bond acceptors (Lipinski definition) is 1. The second-order valence-electron chi connectivity index (χ2n) is 6.46. The lowest BCUT2D eigenvalue weighted by molar-refractivity contribution is -0.915. The molecule has 0 aliphatic heterocycles. The number of benzene rings is 3. The SMILES string of the molecule is OCC[NH+](Cc1ccccc1)CC(c1ccccc1)c1ccccc1. The molecular weight excluding hydrogens is 306 g/mol. The van der Waals surface area contributed by atoms with Crippen molar-refractivity contribution in [3.63, 3.8) is 0 Å². The minimum absolute atomic E-state index is 0.207. The average molecular weight is 332 g/mol. The maximum atomic E-state index is 9.55. The van der Waals surface area contributed by atoms with E-state index in [0.29, 0.717) is 5.92 Å². The normalized spacial score (nSPS) is 12.2. The molecule has 3 aromatic carbocycles. The van der Waals surface area contributed by atoms with E-state index in [-0.39, 0.29) is 6.61 Å². The number of aliphatic hydroxyl groups is 1. The smallest absolute Gasteiger partial charge is 0.103 e. The molecule has 3 aromatic rings. The first-order valence-corrected chi connectivity index (χ1v) is 8.95. The third kappa shape index (κ3) is 5.02. The van der Waals surface area contributed by atoms with E-state index in [1.54, 1.807) is 0 Å². The predicted octanol–water partition coefficient (Wildman–Crippen LogP) is 2.90. The van der Waals surface area contributed by atoms with E-state index in [2.05, 4.69) is 84.9 Å². The van der Waals surface area contributed by atoms with Gasteiger partial charge < -0.3 is 10.0 Å². The van der Waals surface area contributed by atoms with Crippen molar-refractivity contribution < 1.29 is 10.0 Å². The molecule has 0 fully saturated rings. The molecule has 1 atom stereocenters. The van der Waals surface area contributed by atoms with E-state index in [9.17, 15) is 5.11 Å². The van der Waals surface area contributed by atoms with E-state index in [1.807, 2.05) is 6.07 Å². The summed E-state index contributed by atoms with van der Waals surface area (Å²) in [6.07, 6.45) is 0. The number of nitrogens with one attached hydrogen (secondary N) is 1. The zero-order valence-electron chi connectivity index (χ0n) is 14.5. The Balaban J connectivity index is 1.84. The zero-order chi connectivity index (χ0) is 17.3. The van der Waals surface area contributed by atoms with Crippen LogP contribution in [0.15, 0.2) is 91.0 Å². The molecule has 128 valence electrons. The van der Waals surface area contributed by atoms with Crippen molar-refractivity contribution >= 4 is 0 Å². The zero-order valence-corrected chi connectivity index (χ0v) is 14.5. The van der Waals surface area contributed by atoms with Gasteiger partial charge in [0.2, 0.25) is 0 Å². The van der Waals surface area contributed by atoms with Gasteiger partial charge in [-0.3, -0.25) is 0 Å². The van der Waals surface area contributed by atoms with Crippen molar-refractivity contribution in [1.29, 1.82) is 0 Å². The molecule has 0 aliphatic carbocycles. The van der Waals surface area contributed by atoms with Crippen molar-refractivity contribution in [1.82, 2.24) is 0 Å². The molecule has 25 heavy (non-hydrogen) atoms. The first-order valence-electron chi connectivity index (χ1n) is 8.95. The number of quaternary nitrogens is 1. The standard InChI is InChI=1S/C23H25NO/c25-17-16-24(18-20-10-4-1-5-11-20)19-23(21-12-6-2-7-13-21)22-14-8-3-9-15-22/h1-15,23,25H,16-19H2/p+1. The van der Waals surface area contributed by atoms with Gasteiger partial charge in [0.15, 0.2) is 0 Å². The monoisotopic (exact) mass is 332 g/mol. The lowest BCUT2D eigenvalue weighted by atomic mass is 9.90. The van der Waals surface area contributed by atoms with Gasteiger partial charge in [0.1, 0.15) is 13.1 Å². The molecule has 2 nitrogen and oxygen atoms in total. The maximum Gasteiger partial charge on any atom is 0.103 e. The Bertz CT molecular complexity index is 688. The van der Waals surface area contributed by atoms with Gasteiger partial charge in [0, 0.05) is 5.56 Å². The van der Waals surface area contributed by atoms with Crippen molar-refractivity contribution in [2.24, 2.45) is 0 Å². The quantitative estimate of drug-likeness (QED) is 0.651. The molecule has 0 heterocycles. The van der Waals surface area contributed by atoms with Crippen molar-refractivity contribution in [3.8, 4) is 0 Å². The van der Waals surface area contributed by atoms with E-state index in [0.717, 1.165) is 19.6 Å². The van der Waals surface area contributed by atoms with Crippen LogP contribution in [0.1, 0.15) is 22.6 Å². The lowest BCUT2D eigenvalue weighted by Crippen LogP contribution is -3.11. The van der Waals surface area contributed by atoms with Gasteiger partial charge in [0.25, 0.3) is 0 Å². The lowest BCUT2D eigenvalue weighted by Gasteiger charge is -2.25. The summed E-state index contributed by atoms with van der Waals surface area (Å²) in [7, 11) is 0. The summed E-state index contributed by atoms with van der Waals surface area (Å²) in [6.45, 7) is 2.85. The van der Waals surface area contributed by atoms with Crippen molar-refractivity contribution in [2.75, 3.05) is 19.7 Å². The minimum Gasteiger partial charge on any atom is -0.391 e. The van der Waals surface area contributed by atoms with Crippen LogP contribution in [-0.2, 0) is 6.54 Å². The molecule has 0 saturated heterocycles. The minimum atomic E-state index is 0.207. The molecular formula is C23H26NO+. The highest BCUT2D eigenvalue weighted by Gasteiger charge is 2.21. The van der Waals surface area contributed by atoms with Crippen molar-refractivity contribution in [2.45, 2.75) is 12.5 Å². The summed E-state index contributed by atoms with van der Waals surface area (Å²) in [6, 6.07) is 31.9. The molecule has 0 amide bonds. The van der Waals surface area contributed by atoms with Gasteiger partial charge in [-0.2, -0.15) is 0 Å². The Morgan fingerprint density at radius 2 is 1.16 bits per heavy atom. The molecule has 0 bridgehead atoms. The van der Waals surface area contributed by atoms with Crippen molar-refractivity contribution in [3.05, 3.63) is 108 Å². The average Bonchev–Trinajstić information content (AvgIpc) is 2.68. The van der Waals surface area contributed by atoms with Crippen LogP contribution in [0.3, 0.4) is 0 Å². The van der Waals surface area contributed by atoms with Gasteiger partial charge in [-0.15, -0.1) is 0 Å². The van der Waals surface area contributed by atoms with Gasteiger partial charge in [-0.05, 0) is 11.1 Å². The van der Waals surface area contributed by atoms with Crippen LogP contribution < -0.4 is 4.90 Å². The first-order chi connectivity index (χ1) is 12.4. The fraction of sp³-hybridized carbons (Fsp3) is 0.217. The summed E-state index contributed by atoms with van der Waals surface area (Å²) in [5.41, 5.74) is 3.97. The molecule has 0 saturated carbocycles. The summed E-state index contributed by atoms with van der Waals surface area (Å²) >= 11 is 0. The van der Waals surface area contributed by atoms with E-state index in [1.165, 1.54) is 21.6 Å². The van der Waals surface area contributed by atoms with Crippen LogP contribution in [-0.4, -0.2) is 24.8 Å². The van der Waals surface area contributed by atoms with Crippen LogP contribution >= 0.6 is 0 Å². The Labute approximate surface area is 150 Å². The highest BCUT2D eigenvalue weighted by atomic mass is 16.3.